The first-order valence-electron chi connectivity index (χ1n) is 6.52. The number of aldehydes is 1. The fraction of sp³-hybridized carbons (Fsp3) is 0.533. The summed E-state index contributed by atoms with van der Waals surface area (Å²) >= 11 is 0. The van der Waals surface area contributed by atoms with Gasteiger partial charge in [-0.3, -0.25) is 0 Å². The van der Waals surface area contributed by atoms with E-state index >= 15 is 0 Å². The Hall–Kier alpha value is -1.29. The van der Waals surface area contributed by atoms with Crippen LogP contribution < -0.4 is 0 Å². The molecule has 0 unspecified atom stereocenters. The molecule has 0 saturated carbocycles. The zero-order chi connectivity index (χ0) is 13.9. The minimum absolute atomic E-state index is 0.153. The summed E-state index contributed by atoms with van der Waals surface area (Å²) in [6, 6.07) is 3.52. The SMILES string of the molecule is CC1([C@@H](CC=O)c2cc(F)cc(F)c2)CCOCC1. The van der Waals surface area contributed by atoms with E-state index in [0.29, 0.717) is 18.8 Å². The minimum atomic E-state index is -0.596. The summed E-state index contributed by atoms with van der Waals surface area (Å²) in [6.07, 6.45) is 2.70. The maximum absolute atomic E-state index is 13.4. The highest BCUT2D eigenvalue weighted by atomic mass is 19.1. The average Bonchev–Trinajstić information content (AvgIpc) is 2.35. The van der Waals surface area contributed by atoms with Gasteiger partial charge in [-0.2, -0.15) is 0 Å². The largest absolute Gasteiger partial charge is 0.381 e. The summed E-state index contributed by atoms with van der Waals surface area (Å²) in [5.74, 6) is -1.36. The summed E-state index contributed by atoms with van der Waals surface area (Å²) in [6.45, 7) is 3.32. The van der Waals surface area contributed by atoms with Crippen molar-refractivity contribution in [3.05, 3.63) is 35.4 Å². The quantitative estimate of drug-likeness (QED) is 0.782. The van der Waals surface area contributed by atoms with E-state index in [2.05, 4.69) is 6.92 Å². The average molecular weight is 268 g/mol. The Kier molecular flexibility index (Phi) is 4.30. The zero-order valence-corrected chi connectivity index (χ0v) is 11.0. The Morgan fingerprint density at radius 3 is 2.37 bits per heavy atom. The van der Waals surface area contributed by atoms with Crippen LogP contribution in [0.5, 0.6) is 0 Å². The van der Waals surface area contributed by atoms with Crippen molar-refractivity contribution in [1.82, 2.24) is 0 Å². The van der Waals surface area contributed by atoms with Crippen LogP contribution in [0.4, 0.5) is 8.78 Å². The first-order chi connectivity index (χ1) is 9.05. The molecular formula is C15H18F2O2. The van der Waals surface area contributed by atoms with Crippen molar-refractivity contribution < 1.29 is 18.3 Å². The molecule has 0 spiro atoms. The molecule has 19 heavy (non-hydrogen) atoms. The molecule has 2 rings (SSSR count). The van der Waals surface area contributed by atoms with E-state index in [4.69, 9.17) is 4.74 Å². The van der Waals surface area contributed by atoms with Gasteiger partial charge in [0.25, 0.3) is 0 Å². The van der Waals surface area contributed by atoms with Crippen molar-refractivity contribution in [2.45, 2.75) is 32.1 Å². The number of halogens is 2. The number of carbonyl (C=O) groups excluding carboxylic acids is 1. The van der Waals surface area contributed by atoms with Gasteiger partial charge < -0.3 is 9.53 Å². The number of carbonyl (C=O) groups is 1. The van der Waals surface area contributed by atoms with Gasteiger partial charge in [-0.1, -0.05) is 6.92 Å². The molecule has 0 bridgehead atoms. The van der Waals surface area contributed by atoms with E-state index in [9.17, 15) is 13.6 Å². The number of rotatable bonds is 4. The molecule has 0 N–H and O–H groups in total. The van der Waals surface area contributed by atoms with Crippen LogP contribution >= 0.6 is 0 Å². The maximum atomic E-state index is 13.4. The lowest BCUT2D eigenvalue weighted by Gasteiger charge is -2.40. The molecule has 104 valence electrons. The predicted molar refractivity (Wildman–Crippen MR) is 67.9 cm³/mol. The molecule has 1 aliphatic rings. The van der Waals surface area contributed by atoms with Gasteiger partial charge in [0.2, 0.25) is 0 Å². The second kappa shape index (κ2) is 5.78. The highest BCUT2D eigenvalue weighted by Gasteiger charge is 2.36. The first kappa shape index (κ1) is 14.1. The van der Waals surface area contributed by atoms with Gasteiger partial charge >= 0.3 is 0 Å². The Labute approximate surface area is 111 Å². The van der Waals surface area contributed by atoms with Crippen molar-refractivity contribution in [2.24, 2.45) is 5.41 Å². The van der Waals surface area contributed by atoms with Gasteiger partial charge in [0.1, 0.15) is 17.9 Å². The normalized spacial score (nSPS) is 19.9. The third-order valence-electron chi connectivity index (χ3n) is 4.10. The van der Waals surface area contributed by atoms with E-state index in [1.54, 1.807) is 0 Å². The van der Waals surface area contributed by atoms with Crippen LogP contribution in [-0.2, 0) is 9.53 Å². The highest BCUT2D eigenvalue weighted by molar-refractivity contribution is 5.52. The molecule has 1 saturated heterocycles. The number of hydrogen-bond acceptors (Lipinski definition) is 2. The number of hydrogen-bond donors (Lipinski definition) is 0. The minimum Gasteiger partial charge on any atom is -0.381 e. The highest BCUT2D eigenvalue weighted by Crippen LogP contribution is 2.45. The zero-order valence-electron chi connectivity index (χ0n) is 11.0. The smallest absolute Gasteiger partial charge is 0.126 e. The standard InChI is InChI=1S/C15H18F2O2/c1-15(3-6-19-7-4-15)14(2-5-18)11-8-12(16)10-13(17)9-11/h5,8-10,14H,2-4,6-7H2,1H3/t14-/m0/s1. The monoisotopic (exact) mass is 268 g/mol. The van der Waals surface area contributed by atoms with Crippen molar-refractivity contribution in [3.8, 4) is 0 Å². The van der Waals surface area contributed by atoms with E-state index < -0.39 is 11.6 Å². The van der Waals surface area contributed by atoms with E-state index in [-0.39, 0.29) is 17.8 Å². The van der Waals surface area contributed by atoms with Crippen LogP contribution in [0, 0.1) is 17.0 Å². The first-order valence-corrected chi connectivity index (χ1v) is 6.52. The number of ether oxygens (including phenoxy) is 1. The van der Waals surface area contributed by atoms with Gasteiger partial charge in [-0.05, 0) is 41.9 Å². The lowest BCUT2D eigenvalue weighted by Crippen LogP contribution is -2.33. The molecule has 4 heteroatoms. The summed E-state index contributed by atoms with van der Waals surface area (Å²) in [5, 5.41) is 0. The van der Waals surface area contributed by atoms with Crippen molar-refractivity contribution >= 4 is 6.29 Å². The van der Waals surface area contributed by atoms with E-state index in [1.165, 1.54) is 12.1 Å². The molecule has 0 aromatic heterocycles. The van der Waals surface area contributed by atoms with E-state index in [1.807, 2.05) is 0 Å². The second-order valence-corrected chi connectivity index (χ2v) is 5.42. The van der Waals surface area contributed by atoms with Crippen LogP contribution in [0.1, 0.15) is 37.7 Å². The van der Waals surface area contributed by atoms with Crippen LogP contribution in [0.2, 0.25) is 0 Å². The maximum Gasteiger partial charge on any atom is 0.126 e. The fourth-order valence-electron chi connectivity index (χ4n) is 2.88. The number of benzene rings is 1. The summed E-state index contributed by atoms with van der Waals surface area (Å²) in [5.41, 5.74) is 0.411. The molecule has 1 aromatic rings. The molecule has 0 amide bonds. The Morgan fingerprint density at radius 1 is 1.26 bits per heavy atom. The van der Waals surface area contributed by atoms with Crippen molar-refractivity contribution in [3.63, 3.8) is 0 Å². The predicted octanol–water partition coefficient (Wildman–Crippen LogP) is 3.45. The molecule has 1 fully saturated rings. The molecular weight excluding hydrogens is 250 g/mol. The van der Waals surface area contributed by atoms with Crippen molar-refractivity contribution in [2.75, 3.05) is 13.2 Å². The second-order valence-electron chi connectivity index (χ2n) is 5.42. The molecule has 1 heterocycles. The Bertz CT molecular complexity index is 433. The summed E-state index contributed by atoms with van der Waals surface area (Å²) in [7, 11) is 0. The van der Waals surface area contributed by atoms with Gasteiger partial charge in [-0.25, -0.2) is 8.78 Å². The Morgan fingerprint density at radius 2 is 1.84 bits per heavy atom. The van der Waals surface area contributed by atoms with Crippen LogP contribution in [0.25, 0.3) is 0 Å². The molecule has 1 atom stereocenters. The lowest BCUT2D eigenvalue weighted by molar-refractivity contribution is -0.109. The molecule has 1 aromatic carbocycles. The fourth-order valence-corrected chi connectivity index (χ4v) is 2.88. The third kappa shape index (κ3) is 3.18. The van der Waals surface area contributed by atoms with Crippen LogP contribution in [0.3, 0.4) is 0 Å². The lowest BCUT2D eigenvalue weighted by atomic mass is 9.67. The summed E-state index contributed by atoms with van der Waals surface area (Å²) in [4.78, 5) is 10.9. The van der Waals surface area contributed by atoms with Gasteiger partial charge in [0.05, 0.1) is 0 Å². The van der Waals surface area contributed by atoms with Gasteiger partial charge in [0, 0.05) is 25.7 Å². The van der Waals surface area contributed by atoms with Crippen molar-refractivity contribution in [1.29, 1.82) is 0 Å². The molecule has 0 radical (unpaired) electrons. The van der Waals surface area contributed by atoms with Gasteiger partial charge in [0.15, 0.2) is 0 Å². The topological polar surface area (TPSA) is 26.3 Å². The van der Waals surface area contributed by atoms with Gasteiger partial charge in [-0.15, -0.1) is 0 Å². The van der Waals surface area contributed by atoms with Crippen LogP contribution in [-0.4, -0.2) is 19.5 Å². The molecule has 1 aliphatic heterocycles. The summed E-state index contributed by atoms with van der Waals surface area (Å²) < 4.78 is 32.1. The molecule has 0 aliphatic carbocycles. The molecule has 2 nitrogen and oxygen atoms in total. The van der Waals surface area contributed by atoms with Crippen LogP contribution in [0.15, 0.2) is 18.2 Å². The Balaban J connectivity index is 2.35. The van der Waals surface area contributed by atoms with E-state index in [0.717, 1.165) is 25.2 Å². The third-order valence-corrected chi connectivity index (χ3v) is 4.10.